The second-order valence-electron chi connectivity index (χ2n) is 10.2. The first kappa shape index (κ1) is 29.6. The third-order valence-electron chi connectivity index (χ3n) is 6.37. The van der Waals surface area contributed by atoms with Crippen molar-refractivity contribution in [3.63, 3.8) is 0 Å². The number of amides is 2. The minimum absolute atomic E-state index is 0.100. The van der Waals surface area contributed by atoms with E-state index in [2.05, 4.69) is 10.6 Å². The SMILES string of the molecule is CC(C)C[C@H](NC(=O)[C@@H](N)CCc1ccccc1)C(=O)N[C@H](Cc1ccccc1)C(=O)OCc1ccccc1. The molecule has 2 amide bonds. The number of nitrogens with one attached hydrogen (secondary N) is 2. The molecule has 0 bridgehead atoms. The Bertz CT molecular complexity index is 1170. The summed E-state index contributed by atoms with van der Waals surface area (Å²) in [4.78, 5) is 39.5. The van der Waals surface area contributed by atoms with Crippen LogP contribution in [-0.2, 0) is 38.6 Å². The van der Waals surface area contributed by atoms with Crippen LogP contribution in [0.25, 0.3) is 0 Å². The summed E-state index contributed by atoms with van der Waals surface area (Å²) in [5.41, 5.74) is 9.00. The molecule has 3 aromatic rings. The van der Waals surface area contributed by atoms with E-state index >= 15 is 0 Å². The fraction of sp³-hybridized carbons (Fsp3) is 0.344. The third kappa shape index (κ3) is 10.4. The van der Waals surface area contributed by atoms with Gasteiger partial charge in [0.25, 0.3) is 0 Å². The van der Waals surface area contributed by atoms with E-state index in [1.165, 1.54) is 0 Å². The smallest absolute Gasteiger partial charge is 0.329 e. The number of carbonyl (C=O) groups is 3. The number of rotatable bonds is 14. The maximum atomic E-state index is 13.4. The van der Waals surface area contributed by atoms with Crippen LogP contribution in [0.3, 0.4) is 0 Å². The molecule has 0 saturated carbocycles. The van der Waals surface area contributed by atoms with Gasteiger partial charge >= 0.3 is 5.97 Å². The zero-order valence-corrected chi connectivity index (χ0v) is 22.7. The molecule has 0 saturated heterocycles. The largest absolute Gasteiger partial charge is 0.459 e. The molecule has 206 valence electrons. The molecule has 0 aliphatic rings. The minimum Gasteiger partial charge on any atom is -0.459 e. The van der Waals surface area contributed by atoms with Crippen molar-refractivity contribution in [2.24, 2.45) is 11.7 Å². The van der Waals surface area contributed by atoms with Gasteiger partial charge in [-0.05, 0) is 41.9 Å². The van der Waals surface area contributed by atoms with Crippen molar-refractivity contribution in [3.8, 4) is 0 Å². The summed E-state index contributed by atoms with van der Waals surface area (Å²) in [6.07, 6.45) is 1.77. The van der Waals surface area contributed by atoms with Crippen molar-refractivity contribution in [1.29, 1.82) is 0 Å². The lowest BCUT2D eigenvalue weighted by Gasteiger charge is -2.25. The summed E-state index contributed by atoms with van der Waals surface area (Å²) >= 11 is 0. The fourth-order valence-electron chi connectivity index (χ4n) is 4.22. The van der Waals surface area contributed by atoms with Crippen LogP contribution in [0.4, 0.5) is 0 Å². The van der Waals surface area contributed by atoms with Gasteiger partial charge in [-0.2, -0.15) is 0 Å². The fourth-order valence-corrected chi connectivity index (χ4v) is 4.22. The third-order valence-corrected chi connectivity index (χ3v) is 6.37. The number of nitrogens with two attached hydrogens (primary N) is 1. The molecule has 0 spiro atoms. The Morgan fingerprint density at radius 3 is 1.79 bits per heavy atom. The van der Waals surface area contributed by atoms with Crippen LogP contribution in [-0.4, -0.2) is 35.9 Å². The van der Waals surface area contributed by atoms with Crippen LogP contribution in [0.2, 0.25) is 0 Å². The van der Waals surface area contributed by atoms with E-state index in [-0.39, 0.29) is 18.9 Å². The normalized spacial score (nSPS) is 13.2. The molecule has 0 aliphatic heterocycles. The van der Waals surface area contributed by atoms with E-state index in [4.69, 9.17) is 10.5 Å². The van der Waals surface area contributed by atoms with Gasteiger partial charge in [0.2, 0.25) is 11.8 Å². The van der Waals surface area contributed by atoms with Crippen molar-refractivity contribution < 1.29 is 19.1 Å². The highest BCUT2D eigenvalue weighted by Crippen LogP contribution is 2.11. The number of aryl methyl sites for hydroxylation is 1. The average molecular weight is 530 g/mol. The molecule has 3 rings (SSSR count). The Labute approximate surface area is 231 Å². The van der Waals surface area contributed by atoms with Gasteiger partial charge in [-0.25, -0.2) is 4.79 Å². The molecule has 0 unspecified atom stereocenters. The summed E-state index contributed by atoms with van der Waals surface area (Å²) in [6.45, 7) is 4.04. The van der Waals surface area contributed by atoms with Crippen molar-refractivity contribution >= 4 is 17.8 Å². The lowest BCUT2D eigenvalue weighted by atomic mass is 10.00. The number of hydrogen-bond donors (Lipinski definition) is 3. The van der Waals surface area contributed by atoms with Crippen molar-refractivity contribution in [1.82, 2.24) is 10.6 Å². The van der Waals surface area contributed by atoms with Crippen molar-refractivity contribution in [2.75, 3.05) is 0 Å². The lowest BCUT2D eigenvalue weighted by Crippen LogP contribution is -2.55. The number of benzene rings is 3. The first-order valence-electron chi connectivity index (χ1n) is 13.5. The van der Waals surface area contributed by atoms with E-state index in [9.17, 15) is 14.4 Å². The highest BCUT2D eigenvalue weighted by Gasteiger charge is 2.29. The van der Waals surface area contributed by atoms with Gasteiger partial charge in [-0.15, -0.1) is 0 Å². The molecule has 39 heavy (non-hydrogen) atoms. The molecule has 7 heteroatoms. The van der Waals surface area contributed by atoms with Crippen molar-refractivity contribution in [3.05, 3.63) is 108 Å². The van der Waals surface area contributed by atoms with Crippen LogP contribution in [0.5, 0.6) is 0 Å². The average Bonchev–Trinajstić information content (AvgIpc) is 2.95. The van der Waals surface area contributed by atoms with Crippen LogP contribution >= 0.6 is 0 Å². The molecular formula is C32H39N3O4. The van der Waals surface area contributed by atoms with Gasteiger partial charge in [0.1, 0.15) is 18.7 Å². The summed E-state index contributed by atoms with van der Waals surface area (Å²) in [5.74, 6) is -1.24. The summed E-state index contributed by atoms with van der Waals surface area (Å²) < 4.78 is 5.56. The Balaban J connectivity index is 1.66. The zero-order chi connectivity index (χ0) is 28.0. The molecule has 3 aromatic carbocycles. The maximum absolute atomic E-state index is 13.4. The van der Waals surface area contributed by atoms with Crippen LogP contribution in [0.15, 0.2) is 91.0 Å². The predicted molar refractivity (Wildman–Crippen MR) is 152 cm³/mol. The van der Waals surface area contributed by atoms with E-state index in [1.54, 1.807) is 0 Å². The van der Waals surface area contributed by atoms with Crippen LogP contribution in [0.1, 0.15) is 43.4 Å². The number of carbonyl (C=O) groups excluding carboxylic acids is 3. The Morgan fingerprint density at radius 2 is 1.23 bits per heavy atom. The van der Waals surface area contributed by atoms with Gasteiger partial charge in [-0.1, -0.05) is 105 Å². The Hall–Kier alpha value is -3.97. The summed E-state index contributed by atoms with van der Waals surface area (Å²) in [5, 5.41) is 5.66. The van der Waals surface area contributed by atoms with Gasteiger partial charge in [0.15, 0.2) is 0 Å². The summed E-state index contributed by atoms with van der Waals surface area (Å²) in [7, 11) is 0. The number of hydrogen-bond acceptors (Lipinski definition) is 5. The minimum atomic E-state index is -0.915. The molecule has 0 heterocycles. The quantitative estimate of drug-likeness (QED) is 0.274. The molecule has 3 atom stereocenters. The molecule has 7 nitrogen and oxygen atoms in total. The topological polar surface area (TPSA) is 111 Å². The molecule has 0 radical (unpaired) electrons. The van der Waals surface area contributed by atoms with E-state index < -0.39 is 35.9 Å². The maximum Gasteiger partial charge on any atom is 0.329 e. The van der Waals surface area contributed by atoms with E-state index in [1.807, 2.05) is 105 Å². The standard InChI is InChI=1S/C32H39N3O4/c1-23(2)20-28(34-30(36)27(33)19-18-24-12-6-3-7-13-24)31(37)35-29(21-25-14-8-4-9-15-25)32(38)39-22-26-16-10-5-11-17-26/h3-17,23,27-29H,18-22,33H2,1-2H3,(H,34,36)(H,35,37)/t27-,28-,29+/m0/s1. The molecule has 4 N–H and O–H groups in total. The lowest BCUT2D eigenvalue weighted by molar-refractivity contribution is -0.149. The molecular weight excluding hydrogens is 490 g/mol. The van der Waals surface area contributed by atoms with Crippen molar-refractivity contribution in [2.45, 2.75) is 64.3 Å². The Kier molecular flexibility index (Phi) is 11.7. The monoisotopic (exact) mass is 529 g/mol. The first-order chi connectivity index (χ1) is 18.8. The van der Waals surface area contributed by atoms with E-state index in [0.717, 1.165) is 16.7 Å². The van der Waals surface area contributed by atoms with Crippen LogP contribution in [0, 0.1) is 5.92 Å². The first-order valence-corrected chi connectivity index (χ1v) is 13.5. The van der Waals surface area contributed by atoms with E-state index in [0.29, 0.717) is 19.3 Å². The van der Waals surface area contributed by atoms with Gasteiger partial charge in [0, 0.05) is 6.42 Å². The predicted octanol–water partition coefficient (Wildman–Crippen LogP) is 3.95. The number of ether oxygens (including phenoxy) is 1. The second kappa shape index (κ2) is 15.4. The molecule has 0 fully saturated rings. The van der Waals surface area contributed by atoms with Crippen LogP contribution < -0.4 is 16.4 Å². The van der Waals surface area contributed by atoms with Gasteiger partial charge < -0.3 is 21.1 Å². The second-order valence-corrected chi connectivity index (χ2v) is 10.2. The zero-order valence-electron chi connectivity index (χ0n) is 22.7. The summed E-state index contributed by atoms with van der Waals surface area (Å²) in [6, 6.07) is 26.1. The van der Waals surface area contributed by atoms with Gasteiger partial charge in [0.05, 0.1) is 6.04 Å². The highest BCUT2D eigenvalue weighted by molar-refractivity contribution is 5.92. The molecule has 0 aromatic heterocycles. The highest BCUT2D eigenvalue weighted by atomic mass is 16.5. The molecule has 0 aliphatic carbocycles. The Morgan fingerprint density at radius 1 is 0.718 bits per heavy atom. The van der Waals surface area contributed by atoms with Gasteiger partial charge in [-0.3, -0.25) is 9.59 Å². The number of esters is 1.